The van der Waals surface area contributed by atoms with Crippen LogP contribution in [0.4, 0.5) is 0 Å². The van der Waals surface area contributed by atoms with E-state index in [0.29, 0.717) is 10.5 Å². The Morgan fingerprint density at radius 2 is 1.14 bits per heavy atom. The largest absolute Gasteiger partial charge is 0.176 e. The van der Waals surface area contributed by atoms with E-state index in [1.807, 2.05) is 0 Å². The number of benzene rings is 1. The van der Waals surface area contributed by atoms with Crippen molar-refractivity contribution in [3.8, 4) is 0 Å². The maximum Gasteiger partial charge on any atom is 0.00288 e. The second kappa shape index (κ2) is 5.72. The van der Waals surface area contributed by atoms with Crippen LogP contribution in [0.3, 0.4) is 0 Å². The highest BCUT2D eigenvalue weighted by Crippen LogP contribution is 2.12. The Kier molecular flexibility index (Phi) is 4.90. The van der Waals surface area contributed by atoms with Crippen LogP contribution < -0.4 is 0 Å². The van der Waals surface area contributed by atoms with E-state index in [1.54, 1.807) is 0 Å². The molecule has 0 aromatic heterocycles. The van der Waals surface area contributed by atoms with Gasteiger partial charge in [-0.2, -0.15) is 25.3 Å². The van der Waals surface area contributed by atoms with E-state index in [4.69, 9.17) is 0 Å². The quantitative estimate of drug-likeness (QED) is 0.722. The lowest BCUT2D eigenvalue weighted by atomic mass is 10.0. The molecule has 0 amide bonds. The molecule has 0 heterocycles. The van der Waals surface area contributed by atoms with Crippen LogP contribution in [0, 0.1) is 0 Å². The number of hydrogen-bond donors (Lipinski definition) is 2. The maximum absolute atomic E-state index is 4.38. The zero-order chi connectivity index (χ0) is 10.6. The fraction of sp³-hybridized carbons (Fsp3) is 0.500. The lowest BCUT2D eigenvalue weighted by Gasteiger charge is -2.07. The highest BCUT2D eigenvalue weighted by Gasteiger charge is 2.00. The average Bonchev–Trinajstić information content (AvgIpc) is 2.06. The van der Waals surface area contributed by atoms with Crippen molar-refractivity contribution in [2.75, 3.05) is 0 Å². The van der Waals surface area contributed by atoms with Gasteiger partial charge in [-0.15, -0.1) is 0 Å². The summed E-state index contributed by atoms with van der Waals surface area (Å²) in [6, 6.07) is 8.77. The lowest BCUT2D eigenvalue weighted by molar-refractivity contribution is 0.931. The van der Waals surface area contributed by atoms with E-state index in [2.05, 4.69) is 63.4 Å². The van der Waals surface area contributed by atoms with E-state index >= 15 is 0 Å². The van der Waals surface area contributed by atoms with E-state index < -0.39 is 0 Å². The van der Waals surface area contributed by atoms with Crippen LogP contribution in [0.2, 0.25) is 0 Å². The Morgan fingerprint density at radius 1 is 0.857 bits per heavy atom. The van der Waals surface area contributed by atoms with E-state index in [9.17, 15) is 0 Å². The maximum atomic E-state index is 4.38. The van der Waals surface area contributed by atoms with E-state index in [0.717, 1.165) is 12.8 Å². The summed E-state index contributed by atoms with van der Waals surface area (Å²) >= 11 is 8.76. The molecule has 0 spiro atoms. The molecule has 0 aliphatic carbocycles. The van der Waals surface area contributed by atoms with Crippen molar-refractivity contribution in [3.63, 3.8) is 0 Å². The Balaban J connectivity index is 2.59. The summed E-state index contributed by atoms with van der Waals surface area (Å²) in [7, 11) is 0. The van der Waals surface area contributed by atoms with Gasteiger partial charge in [0.25, 0.3) is 0 Å². The second-order valence-corrected chi connectivity index (χ2v) is 5.69. The van der Waals surface area contributed by atoms with Crippen molar-refractivity contribution in [1.29, 1.82) is 0 Å². The van der Waals surface area contributed by atoms with Gasteiger partial charge in [0.05, 0.1) is 0 Å². The molecular formula is C12H18S2. The molecule has 78 valence electrons. The molecule has 1 aromatic carbocycles. The van der Waals surface area contributed by atoms with Crippen LogP contribution in [-0.4, -0.2) is 10.5 Å². The van der Waals surface area contributed by atoms with Crippen molar-refractivity contribution < 1.29 is 0 Å². The van der Waals surface area contributed by atoms with Crippen molar-refractivity contribution in [3.05, 3.63) is 35.4 Å². The minimum atomic E-state index is 0.435. The summed E-state index contributed by atoms with van der Waals surface area (Å²) in [5.41, 5.74) is 2.73. The molecule has 0 N–H and O–H groups in total. The van der Waals surface area contributed by atoms with E-state index in [1.165, 1.54) is 11.1 Å². The van der Waals surface area contributed by atoms with Crippen LogP contribution >= 0.6 is 25.3 Å². The summed E-state index contributed by atoms with van der Waals surface area (Å²) in [6.07, 6.45) is 2.08. The topological polar surface area (TPSA) is 0 Å². The first-order valence-electron chi connectivity index (χ1n) is 5.02. The predicted molar refractivity (Wildman–Crippen MR) is 70.7 cm³/mol. The van der Waals surface area contributed by atoms with Gasteiger partial charge in [0.2, 0.25) is 0 Å². The highest BCUT2D eigenvalue weighted by atomic mass is 32.1. The third kappa shape index (κ3) is 4.43. The van der Waals surface area contributed by atoms with Crippen molar-refractivity contribution in [2.45, 2.75) is 37.2 Å². The Labute approximate surface area is 97.9 Å². The monoisotopic (exact) mass is 226 g/mol. The van der Waals surface area contributed by atoms with Gasteiger partial charge < -0.3 is 0 Å². The third-order valence-corrected chi connectivity index (χ3v) is 2.45. The highest BCUT2D eigenvalue weighted by molar-refractivity contribution is 7.81. The number of hydrogen-bond acceptors (Lipinski definition) is 2. The van der Waals surface area contributed by atoms with Crippen LogP contribution in [-0.2, 0) is 12.8 Å². The summed E-state index contributed by atoms with van der Waals surface area (Å²) in [5.74, 6) is 0. The van der Waals surface area contributed by atoms with Crippen LogP contribution in [0.25, 0.3) is 0 Å². The zero-order valence-electron chi connectivity index (χ0n) is 8.77. The van der Waals surface area contributed by atoms with Crippen molar-refractivity contribution >= 4 is 25.3 Å². The fourth-order valence-corrected chi connectivity index (χ4v) is 1.92. The molecule has 14 heavy (non-hydrogen) atoms. The van der Waals surface area contributed by atoms with Gasteiger partial charge in [-0.05, 0) is 24.0 Å². The minimum Gasteiger partial charge on any atom is -0.176 e. The van der Waals surface area contributed by atoms with Gasteiger partial charge in [-0.3, -0.25) is 0 Å². The van der Waals surface area contributed by atoms with Gasteiger partial charge in [0.15, 0.2) is 0 Å². The molecule has 0 aliphatic heterocycles. The molecule has 0 saturated heterocycles. The molecule has 2 unspecified atom stereocenters. The third-order valence-electron chi connectivity index (χ3n) is 2.09. The first kappa shape index (κ1) is 12.0. The molecule has 0 fully saturated rings. The van der Waals surface area contributed by atoms with E-state index in [-0.39, 0.29) is 0 Å². The molecule has 0 nitrogen and oxygen atoms in total. The zero-order valence-corrected chi connectivity index (χ0v) is 10.6. The smallest absolute Gasteiger partial charge is 0.00288 e. The van der Waals surface area contributed by atoms with Gasteiger partial charge in [-0.1, -0.05) is 38.1 Å². The lowest BCUT2D eigenvalue weighted by Crippen LogP contribution is -1.99. The molecule has 2 heteroatoms. The molecule has 0 radical (unpaired) electrons. The summed E-state index contributed by atoms with van der Waals surface area (Å²) in [6.45, 7) is 4.24. The molecule has 2 atom stereocenters. The Bertz CT molecular complexity index is 233. The summed E-state index contributed by atoms with van der Waals surface area (Å²) < 4.78 is 0. The second-order valence-electron chi connectivity index (χ2n) is 3.92. The Hall–Kier alpha value is -0.0800. The fourth-order valence-electron chi connectivity index (χ4n) is 1.49. The average molecular weight is 226 g/mol. The molecule has 0 bridgehead atoms. The molecule has 0 aliphatic rings. The normalized spacial score (nSPS) is 15.1. The summed E-state index contributed by atoms with van der Waals surface area (Å²) in [4.78, 5) is 0. The van der Waals surface area contributed by atoms with Crippen molar-refractivity contribution in [2.24, 2.45) is 0 Å². The standard InChI is InChI=1S/C12H18S2/c1-9(13)7-11-3-5-12(6-4-11)8-10(2)14/h3-6,9-10,13-14H,7-8H2,1-2H3. The van der Waals surface area contributed by atoms with Gasteiger partial charge in [0.1, 0.15) is 0 Å². The van der Waals surface area contributed by atoms with Gasteiger partial charge in [0, 0.05) is 10.5 Å². The van der Waals surface area contributed by atoms with Gasteiger partial charge in [-0.25, -0.2) is 0 Å². The number of thiol groups is 2. The van der Waals surface area contributed by atoms with Crippen LogP contribution in [0.15, 0.2) is 24.3 Å². The minimum absolute atomic E-state index is 0.435. The van der Waals surface area contributed by atoms with Crippen LogP contribution in [0.5, 0.6) is 0 Å². The first-order chi connectivity index (χ1) is 6.58. The number of rotatable bonds is 4. The predicted octanol–water partition coefficient (Wildman–Crippen LogP) is 3.41. The van der Waals surface area contributed by atoms with Crippen molar-refractivity contribution in [1.82, 2.24) is 0 Å². The molecule has 0 saturated carbocycles. The Morgan fingerprint density at radius 3 is 1.36 bits per heavy atom. The van der Waals surface area contributed by atoms with Crippen LogP contribution in [0.1, 0.15) is 25.0 Å². The molecule has 1 rings (SSSR count). The molecule has 1 aromatic rings. The van der Waals surface area contributed by atoms with Gasteiger partial charge >= 0.3 is 0 Å². The SMILES string of the molecule is CC(S)Cc1ccc(CC(C)S)cc1. The molecular weight excluding hydrogens is 208 g/mol. The summed E-state index contributed by atoms with van der Waals surface area (Å²) in [5, 5.41) is 0.870. The first-order valence-corrected chi connectivity index (χ1v) is 6.05.